The quantitative estimate of drug-likeness (QED) is 0.612. The number of sulfonamides is 1. The minimum atomic E-state index is -3.86. The summed E-state index contributed by atoms with van der Waals surface area (Å²) < 4.78 is 34.2. The summed E-state index contributed by atoms with van der Waals surface area (Å²) in [4.78, 5) is 13.1. The first-order valence-corrected chi connectivity index (χ1v) is 14.1. The van der Waals surface area contributed by atoms with Gasteiger partial charge in [0.2, 0.25) is 15.9 Å². The smallest absolute Gasteiger partial charge is 0.248 e. The Bertz CT molecular complexity index is 1190. The van der Waals surface area contributed by atoms with Crippen LogP contribution in [0.4, 0.5) is 0 Å². The second kappa shape index (κ2) is 10.7. The fourth-order valence-corrected chi connectivity index (χ4v) is 6.90. The van der Waals surface area contributed by atoms with Crippen LogP contribution in [0.2, 0.25) is 0 Å². The van der Waals surface area contributed by atoms with Gasteiger partial charge in [0.1, 0.15) is 5.69 Å². The number of amides is 1. The second-order valence-corrected chi connectivity index (χ2v) is 12.2. The molecule has 35 heavy (non-hydrogen) atoms. The molecule has 1 atom stereocenters. The summed E-state index contributed by atoms with van der Waals surface area (Å²) in [5.41, 5.74) is 3.53. The molecule has 2 fully saturated rings. The van der Waals surface area contributed by atoms with Gasteiger partial charge in [-0.2, -0.15) is 4.31 Å². The molecule has 8 heteroatoms. The Hall–Kier alpha value is -2.45. The predicted octanol–water partition coefficient (Wildman–Crippen LogP) is 4.87. The van der Waals surface area contributed by atoms with E-state index >= 15 is 0 Å². The van der Waals surface area contributed by atoms with Crippen molar-refractivity contribution in [3.63, 3.8) is 0 Å². The number of hydrogen-bond acceptors (Lipinski definition) is 5. The zero-order valence-electron chi connectivity index (χ0n) is 21.2. The highest BCUT2D eigenvalue weighted by Crippen LogP contribution is 2.30. The van der Waals surface area contributed by atoms with Gasteiger partial charge >= 0.3 is 0 Å². The van der Waals surface area contributed by atoms with E-state index in [1.165, 1.54) is 4.31 Å². The third kappa shape index (κ3) is 5.86. The molecular formula is C27H37N3O4S. The van der Waals surface area contributed by atoms with Crippen molar-refractivity contribution in [2.45, 2.75) is 77.2 Å². The fourth-order valence-electron chi connectivity index (χ4n) is 5.13. The Kier molecular flexibility index (Phi) is 7.81. The van der Waals surface area contributed by atoms with E-state index in [0.717, 1.165) is 42.4 Å². The van der Waals surface area contributed by atoms with Crippen LogP contribution in [0.5, 0.6) is 0 Å². The average Bonchev–Trinajstić information content (AvgIpc) is 3.22. The van der Waals surface area contributed by atoms with Crippen LogP contribution in [-0.4, -0.2) is 42.9 Å². The topological polar surface area (TPSA) is 92.5 Å². The Morgan fingerprint density at radius 1 is 1.11 bits per heavy atom. The number of benzene rings is 1. The monoisotopic (exact) mass is 499 g/mol. The minimum Gasteiger partial charge on any atom is -0.355 e. The lowest BCUT2D eigenvalue weighted by Gasteiger charge is -2.33. The molecule has 1 amide bonds. The van der Waals surface area contributed by atoms with Crippen LogP contribution in [-0.2, 0) is 14.8 Å². The lowest BCUT2D eigenvalue weighted by atomic mass is 9.87. The maximum absolute atomic E-state index is 13.7. The zero-order valence-corrected chi connectivity index (χ0v) is 22.0. The second-order valence-electron chi connectivity index (χ2n) is 10.3. The van der Waals surface area contributed by atoms with Crippen molar-refractivity contribution in [1.82, 2.24) is 14.8 Å². The van der Waals surface area contributed by atoms with Crippen LogP contribution in [0.3, 0.4) is 0 Å². The van der Waals surface area contributed by atoms with Gasteiger partial charge in [-0.25, -0.2) is 8.42 Å². The summed E-state index contributed by atoms with van der Waals surface area (Å²) in [6.45, 7) is 8.49. The SMILES string of the molecule is Cc1ccc(C)c(/C=C/c2onc(C)c2S(=O)(=O)N2CCC[C@@H](C(=O)NC3CCC(C)CC3)C2)c1. The Balaban J connectivity index is 1.50. The molecule has 1 aromatic carbocycles. The van der Waals surface area contributed by atoms with Crippen LogP contribution >= 0.6 is 0 Å². The molecular weight excluding hydrogens is 462 g/mol. The average molecular weight is 500 g/mol. The minimum absolute atomic E-state index is 0.0264. The number of hydrogen-bond donors (Lipinski definition) is 1. The summed E-state index contributed by atoms with van der Waals surface area (Å²) >= 11 is 0. The number of aryl methyl sites for hydroxylation is 3. The van der Waals surface area contributed by atoms with Crippen LogP contribution in [0.1, 0.15) is 73.6 Å². The van der Waals surface area contributed by atoms with Crippen molar-refractivity contribution >= 4 is 28.1 Å². The summed E-state index contributed by atoms with van der Waals surface area (Å²) in [6, 6.07) is 6.32. The van der Waals surface area contributed by atoms with E-state index in [-0.39, 0.29) is 35.1 Å². The molecule has 2 heterocycles. The molecule has 1 aliphatic carbocycles. The van der Waals surface area contributed by atoms with Crippen molar-refractivity contribution in [3.8, 4) is 0 Å². The molecule has 2 aromatic rings. The largest absolute Gasteiger partial charge is 0.355 e. The molecule has 1 N–H and O–H groups in total. The van der Waals surface area contributed by atoms with E-state index in [1.54, 1.807) is 13.0 Å². The van der Waals surface area contributed by atoms with Crippen molar-refractivity contribution in [1.29, 1.82) is 0 Å². The van der Waals surface area contributed by atoms with Crippen LogP contribution in [0, 0.1) is 32.6 Å². The van der Waals surface area contributed by atoms with Gasteiger partial charge in [-0.05, 0) is 82.4 Å². The Morgan fingerprint density at radius 2 is 1.86 bits per heavy atom. The highest BCUT2D eigenvalue weighted by Gasteiger charge is 2.37. The lowest BCUT2D eigenvalue weighted by Crippen LogP contribution is -2.48. The first-order valence-electron chi connectivity index (χ1n) is 12.7. The van der Waals surface area contributed by atoms with Crippen molar-refractivity contribution < 1.29 is 17.7 Å². The molecule has 0 spiro atoms. The third-order valence-electron chi connectivity index (χ3n) is 7.40. The maximum Gasteiger partial charge on any atom is 0.248 e. The molecule has 0 unspecified atom stereocenters. The number of carbonyl (C=O) groups is 1. The normalized spacial score (nSPS) is 24.1. The summed E-state index contributed by atoms with van der Waals surface area (Å²) in [5, 5.41) is 7.14. The molecule has 1 saturated heterocycles. The van der Waals surface area contributed by atoms with Gasteiger partial charge in [0, 0.05) is 19.1 Å². The van der Waals surface area contributed by atoms with Gasteiger partial charge in [0.05, 0.1) is 5.92 Å². The number of rotatable bonds is 6. The summed E-state index contributed by atoms with van der Waals surface area (Å²) in [5.74, 6) is 0.558. The molecule has 1 aliphatic heterocycles. The number of nitrogens with one attached hydrogen (secondary N) is 1. The van der Waals surface area contributed by atoms with E-state index < -0.39 is 10.0 Å². The molecule has 1 saturated carbocycles. The van der Waals surface area contributed by atoms with Crippen LogP contribution < -0.4 is 5.32 Å². The lowest BCUT2D eigenvalue weighted by molar-refractivity contribution is -0.127. The van der Waals surface area contributed by atoms with Gasteiger partial charge in [-0.1, -0.05) is 41.9 Å². The van der Waals surface area contributed by atoms with Crippen molar-refractivity contribution in [2.75, 3.05) is 13.1 Å². The van der Waals surface area contributed by atoms with Crippen molar-refractivity contribution in [3.05, 3.63) is 46.3 Å². The van der Waals surface area contributed by atoms with Gasteiger partial charge in [0.25, 0.3) is 0 Å². The highest BCUT2D eigenvalue weighted by molar-refractivity contribution is 7.89. The number of carbonyl (C=O) groups excluding carboxylic acids is 1. The van der Waals surface area contributed by atoms with Crippen molar-refractivity contribution in [2.24, 2.45) is 11.8 Å². The molecule has 0 bridgehead atoms. The molecule has 0 radical (unpaired) electrons. The Morgan fingerprint density at radius 3 is 2.60 bits per heavy atom. The number of aromatic nitrogens is 1. The third-order valence-corrected chi connectivity index (χ3v) is 9.42. The predicted molar refractivity (Wildman–Crippen MR) is 137 cm³/mol. The first-order chi connectivity index (χ1) is 16.6. The zero-order chi connectivity index (χ0) is 25.2. The van der Waals surface area contributed by atoms with E-state index in [9.17, 15) is 13.2 Å². The van der Waals surface area contributed by atoms with E-state index in [1.807, 2.05) is 38.1 Å². The fraction of sp³-hybridized carbons (Fsp3) is 0.556. The molecule has 7 nitrogen and oxygen atoms in total. The van der Waals surface area contributed by atoms with E-state index in [2.05, 4.69) is 17.4 Å². The summed E-state index contributed by atoms with van der Waals surface area (Å²) in [6.07, 6.45) is 9.13. The van der Waals surface area contributed by atoms with E-state index in [0.29, 0.717) is 31.0 Å². The van der Waals surface area contributed by atoms with Gasteiger partial charge in [0.15, 0.2) is 10.7 Å². The van der Waals surface area contributed by atoms with Crippen LogP contribution in [0.25, 0.3) is 12.2 Å². The maximum atomic E-state index is 13.7. The molecule has 2 aliphatic rings. The Labute approximate surface area is 209 Å². The van der Waals surface area contributed by atoms with E-state index in [4.69, 9.17) is 4.52 Å². The van der Waals surface area contributed by atoms with Gasteiger partial charge in [-0.15, -0.1) is 0 Å². The number of nitrogens with zero attached hydrogens (tertiary/aromatic N) is 2. The number of piperidine rings is 1. The molecule has 1 aromatic heterocycles. The van der Waals surface area contributed by atoms with Crippen LogP contribution in [0.15, 0.2) is 27.6 Å². The standard InChI is InChI=1S/C27H37N3O4S/c1-18-8-12-24(13-9-18)28-27(31)23-6-5-15-30(17-23)35(32,33)26-21(4)29-34-25(26)14-11-22-16-19(2)7-10-20(22)3/h7,10-11,14,16,18,23-24H,5-6,8-9,12-13,15,17H2,1-4H3,(H,28,31)/b14-11+/t18?,23-,24?/m1/s1. The first kappa shape index (κ1) is 25.6. The van der Waals surface area contributed by atoms with Gasteiger partial charge < -0.3 is 9.84 Å². The molecule has 190 valence electrons. The molecule has 4 rings (SSSR count). The summed E-state index contributed by atoms with van der Waals surface area (Å²) in [7, 11) is -3.86. The highest BCUT2D eigenvalue weighted by atomic mass is 32.2. The van der Waals surface area contributed by atoms with Gasteiger partial charge in [-0.3, -0.25) is 4.79 Å².